The van der Waals surface area contributed by atoms with Crippen molar-refractivity contribution < 1.29 is 24.2 Å². The molecule has 118 valence electrons. The van der Waals surface area contributed by atoms with Gasteiger partial charge in [-0.15, -0.1) is 0 Å². The van der Waals surface area contributed by atoms with Gasteiger partial charge in [0.2, 0.25) is 0 Å². The Bertz CT molecular complexity index is 610. The van der Waals surface area contributed by atoms with Gasteiger partial charge in [0.25, 0.3) is 5.91 Å². The Labute approximate surface area is 127 Å². The van der Waals surface area contributed by atoms with Crippen molar-refractivity contribution in [3.63, 3.8) is 0 Å². The maximum Gasteiger partial charge on any atom is 0.342 e. The largest absolute Gasteiger partial charge is 0.507 e. The summed E-state index contributed by atoms with van der Waals surface area (Å²) in [6, 6.07) is 4.00. The molecule has 0 aliphatic heterocycles. The summed E-state index contributed by atoms with van der Waals surface area (Å²) in [5, 5.41) is 14.4. The highest BCUT2D eigenvalue weighted by Crippen LogP contribution is 2.20. The minimum absolute atomic E-state index is 0.0346. The van der Waals surface area contributed by atoms with E-state index in [1.54, 1.807) is 13.0 Å². The molecule has 1 aromatic carbocycles. The molecule has 1 fully saturated rings. The molecule has 1 aromatic rings. The second kappa shape index (κ2) is 6.46. The van der Waals surface area contributed by atoms with E-state index in [-0.39, 0.29) is 17.4 Å². The summed E-state index contributed by atoms with van der Waals surface area (Å²) in [5.41, 5.74) is 0.754. The molecule has 2 rings (SSSR count). The zero-order valence-electron chi connectivity index (χ0n) is 12.4. The van der Waals surface area contributed by atoms with Crippen molar-refractivity contribution >= 4 is 17.9 Å². The Hall–Kier alpha value is -2.57. The lowest BCUT2D eigenvalue weighted by atomic mass is 10.1. The molecule has 1 aliphatic carbocycles. The molecule has 7 nitrogen and oxygen atoms in total. The van der Waals surface area contributed by atoms with E-state index < -0.39 is 24.0 Å². The molecular formula is C15H18N2O5. The van der Waals surface area contributed by atoms with Crippen LogP contribution in [0.5, 0.6) is 5.75 Å². The highest BCUT2D eigenvalue weighted by Gasteiger charge is 2.26. The third-order valence-corrected chi connectivity index (χ3v) is 3.18. The van der Waals surface area contributed by atoms with E-state index in [4.69, 9.17) is 4.74 Å². The van der Waals surface area contributed by atoms with Crippen LogP contribution in [-0.2, 0) is 9.53 Å². The van der Waals surface area contributed by atoms with E-state index >= 15 is 0 Å². The predicted octanol–water partition coefficient (Wildman–Crippen LogP) is 1.23. The minimum Gasteiger partial charge on any atom is -0.507 e. The average molecular weight is 306 g/mol. The molecule has 0 radical (unpaired) electrons. The number of aromatic hydroxyl groups is 1. The number of rotatable bonds is 4. The summed E-state index contributed by atoms with van der Waals surface area (Å²) in [5.74, 6) is -1.77. The summed E-state index contributed by atoms with van der Waals surface area (Å²) in [7, 11) is 0. The van der Waals surface area contributed by atoms with Crippen LogP contribution in [0.4, 0.5) is 4.79 Å². The molecule has 22 heavy (non-hydrogen) atoms. The number of phenolic OH excluding ortho intramolecular Hbond substituents is 1. The van der Waals surface area contributed by atoms with Crippen LogP contribution < -0.4 is 10.6 Å². The third kappa shape index (κ3) is 4.21. The molecule has 3 amide bonds. The van der Waals surface area contributed by atoms with Crippen LogP contribution in [0.2, 0.25) is 0 Å². The fourth-order valence-electron chi connectivity index (χ4n) is 1.75. The summed E-state index contributed by atoms with van der Waals surface area (Å²) >= 11 is 0. The average Bonchev–Trinajstić information content (AvgIpc) is 3.21. The van der Waals surface area contributed by atoms with Crippen LogP contribution in [0.1, 0.15) is 35.7 Å². The zero-order chi connectivity index (χ0) is 16.3. The second-order valence-electron chi connectivity index (χ2n) is 5.31. The molecule has 1 unspecified atom stereocenters. The molecule has 1 aliphatic rings. The Morgan fingerprint density at radius 2 is 2.00 bits per heavy atom. The quantitative estimate of drug-likeness (QED) is 0.726. The lowest BCUT2D eigenvalue weighted by molar-refractivity contribution is -0.127. The predicted molar refractivity (Wildman–Crippen MR) is 77.4 cm³/mol. The van der Waals surface area contributed by atoms with E-state index in [1.807, 2.05) is 0 Å². The SMILES string of the molecule is Cc1ccc(C(=O)OC(C)C(=O)NC(=O)NC2CC2)c(O)c1. The Kier molecular flexibility index (Phi) is 4.65. The van der Waals surface area contributed by atoms with Gasteiger partial charge in [-0.3, -0.25) is 10.1 Å². The van der Waals surface area contributed by atoms with Crippen LogP contribution in [-0.4, -0.2) is 35.2 Å². The summed E-state index contributed by atoms with van der Waals surface area (Å²) in [4.78, 5) is 35.1. The Morgan fingerprint density at radius 1 is 1.32 bits per heavy atom. The number of carbonyl (C=O) groups excluding carboxylic acids is 3. The lowest BCUT2D eigenvalue weighted by Gasteiger charge is -2.13. The van der Waals surface area contributed by atoms with Gasteiger partial charge in [0, 0.05) is 6.04 Å². The molecular weight excluding hydrogens is 288 g/mol. The van der Waals surface area contributed by atoms with Crippen LogP contribution in [0, 0.1) is 6.92 Å². The first-order valence-corrected chi connectivity index (χ1v) is 6.99. The maximum atomic E-state index is 11.9. The molecule has 7 heteroatoms. The summed E-state index contributed by atoms with van der Waals surface area (Å²) in [6.07, 6.45) is 0.649. The number of hydrogen-bond acceptors (Lipinski definition) is 5. The Balaban J connectivity index is 1.89. The standard InChI is InChI=1S/C15H18N2O5/c1-8-3-6-11(12(18)7-8)14(20)22-9(2)13(19)17-15(21)16-10-4-5-10/h3,6-7,9-10,18H,4-5H2,1-2H3,(H2,16,17,19,21). The number of esters is 1. The first kappa shape index (κ1) is 15.8. The van der Waals surface area contributed by atoms with Gasteiger partial charge in [-0.1, -0.05) is 6.07 Å². The molecule has 0 bridgehead atoms. The van der Waals surface area contributed by atoms with Crippen molar-refractivity contribution in [1.29, 1.82) is 0 Å². The molecule has 0 spiro atoms. The monoisotopic (exact) mass is 306 g/mol. The fourth-order valence-corrected chi connectivity index (χ4v) is 1.75. The number of amides is 3. The topological polar surface area (TPSA) is 105 Å². The van der Waals surface area contributed by atoms with Gasteiger partial charge in [-0.2, -0.15) is 0 Å². The number of nitrogens with one attached hydrogen (secondary N) is 2. The van der Waals surface area contributed by atoms with E-state index in [1.165, 1.54) is 19.1 Å². The van der Waals surface area contributed by atoms with Gasteiger partial charge in [0.05, 0.1) is 0 Å². The van der Waals surface area contributed by atoms with E-state index in [2.05, 4.69) is 10.6 Å². The van der Waals surface area contributed by atoms with Gasteiger partial charge in [0.1, 0.15) is 11.3 Å². The van der Waals surface area contributed by atoms with Gasteiger partial charge in [0.15, 0.2) is 6.10 Å². The van der Waals surface area contributed by atoms with Crippen molar-refractivity contribution in [2.45, 2.75) is 38.8 Å². The van der Waals surface area contributed by atoms with E-state index in [0.29, 0.717) is 0 Å². The van der Waals surface area contributed by atoms with Crippen molar-refractivity contribution in [3.8, 4) is 5.75 Å². The van der Waals surface area contributed by atoms with Gasteiger partial charge in [-0.05, 0) is 44.4 Å². The molecule has 3 N–H and O–H groups in total. The van der Waals surface area contributed by atoms with Crippen LogP contribution in [0.25, 0.3) is 0 Å². The maximum absolute atomic E-state index is 11.9. The highest BCUT2D eigenvalue weighted by molar-refractivity contribution is 5.99. The van der Waals surface area contributed by atoms with Gasteiger partial charge < -0.3 is 15.2 Å². The first-order chi connectivity index (χ1) is 10.4. The van der Waals surface area contributed by atoms with Crippen molar-refractivity contribution in [3.05, 3.63) is 29.3 Å². The number of imide groups is 1. The van der Waals surface area contributed by atoms with Crippen molar-refractivity contribution in [2.24, 2.45) is 0 Å². The number of phenols is 1. The number of carbonyl (C=O) groups is 3. The number of aryl methyl sites for hydroxylation is 1. The number of urea groups is 1. The van der Waals surface area contributed by atoms with Crippen LogP contribution in [0.15, 0.2) is 18.2 Å². The van der Waals surface area contributed by atoms with Crippen molar-refractivity contribution in [1.82, 2.24) is 10.6 Å². The Morgan fingerprint density at radius 3 is 2.59 bits per heavy atom. The van der Waals surface area contributed by atoms with E-state index in [9.17, 15) is 19.5 Å². The van der Waals surface area contributed by atoms with Gasteiger partial charge >= 0.3 is 12.0 Å². The fraction of sp³-hybridized carbons (Fsp3) is 0.400. The second-order valence-corrected chi connectivity index (χ2v) is 5.31. The van der Waals surface area contributed by atoms with Gasteiger partial charge in [-0.25, -0.2) is 9.59 Å². The van der Waals surface area contributed by atoms with E-state index in [0.717, 1.165) is 18.4 Å². The number of ether oxygens (including phenoxy) is 1. The normalized spacial score (nSPS) is 14.8. The van der Waals surface area contributed by atoms with Crippen LogP contribution in [0.3, 0.4) is 0 Å². The summed E-state index contributed by atoms with van der Waals surface area (Å²) < 4.78 is 4.95. The van der Waals surface area contributed by atoms with Crippen LogP contribution >= 0.6 is 0 Å². The van der Waals surface area contributed by atoms with Crippen molar-refractivity contribution in [2.75, 3.05) is 0 Å². The molecule has 1 saturated carbocycles. The summed E-state index contributed by atoms with van der Waals surface area (Å²) in [6.45, 7) is 3.12. The first-order valence-electron chi connectivity index (χ1n) is 6.99. The molecule has 0 aromatic heterocycles. The minimum atomic E-state index is -1.15. The zero-order valence-corrected chi connectivity index (χ0v) is 12.4. The number of benzene rings is 1. The third-order valence-electron chi connectivity index (χ3n) is 3.18. The molecule has 0 saturated heterocycles. The highest BCUT2D eigenvalue weighted by atomic mass is 16.5. The molecule has 0 heterocycles. The lowest BCUT2D eigenvalue weighted by Crippen LogP contribution is -2.45. The molecule has 1 atom stereocenters. The number of hydrogen-bond donors (Lipinski definition) is 3. The smallest absolute Gasteiger partial charge is 0.342 e.